The van der Waals surface area contributed by atoms with Crippen molar-refractivity contribution in [1.82, 2.24) is 20.3 Å². The van der Waals surface area contributed by atoms with E-state index >= 15 is 0 Å². The number of amides is 1. The lowest BCUT2D eigenvalue weighted by molar-refractivity contribution is 0.0277. The molecule has 2 heterocycles. The summed E-state index contributed by atoms with van der Waals surface area (Å²) in [5.41, 5.74) is 2.76. The van der Waals surface area contributed by atoms with Gasteiger partial charge in [0.05, 0.1) is 31.7 Å². The van der Waals surface area contributed by atoms with Crippen molar-refractivity contribution in [3.8, 4) is 11.4 Å². The largest absolute Gasteiger partial charge is 0.497 e. The van der Waals surface area contributed by atoms with Crippen LogP contribution in [0.2, 0.25) is 0 Å². The molecule has 8 nitrogen and oxygen atoms in total. The van der Waals surface area contributed by atoms with Gasteiger partial charge in [0.2, 0.25) is 0 Å². The molecular formula is C20H21N5O3. The highest BCUT2D eigenvalue weighted by atomic mass is 16.5. The van der Waals surface area contributed by atoms with Gasteiger partial charge in [-0.25, -0.2) is 4.68 Å². The molecule has 1 fully saturated rings. The van der Waals surface area contributed by atoms with Crippen LogP contribution in [0.3, 0.4) is 0 Å². The lowest BCUT2D eigenvalue weighted by Gasteiger charge is -2.24. The van der Waals surface area contributed by atoms with E-state index in [9.17, 15) is 4.79 Å². The fourth-order valence-corrected chi connectivity index (χ4v) is 3.00. The van der Waals surface area contributed by atoms with Crippen molar-refractivity contribution < 1.29 is 14.3 Å². The van der Waals surface area contributed by atoms with Crippen LogP contribution in [0.15, 0.2) is 54.7 Å². The first kappa shape index (κ1) is 18.1. The number of ether oxygens (including phenoxy) is 2. The Hall–Kier alpha value is -3.23. The number of aromatic nitrogens is 3. The molecule has 1 aliphatic heterocycles. The summed E-state index contributed by atoms with van der Waals surface area (Å²) in [6.45, 7) is 2.37. The maximum Gasteiger partial charge on any atom is 0.277 e. The van der Waals surface area contributed by atoms with Crippen molar-refractivity contribution in [1.29, 1.82) is 0 Å². The zero-order valence-corrected chi connectivity index (χ0v) is 15.5. The first-order chi connectivity index (χ1) is 13.7. The number of nitrogens with one attached hydrogen (secondary N) is 2. The highest BCUT2D eigenvalue weighted by molar-refractivity contribution is 6.02. The van der Waals surface area contributed by atoms with Crippen LogP contribution in [-0.2, 0) is 4.74 Å². The third-order valence-electron chi connectivity index (χ3n) is 4.51. The van der Waals surface area contributed by atoms with Gasteiger partial charge in [0, 0.05) is 24.8 Å². The number of hydrogen-bond donors (Lipinski definition) is 2. The Kier molecular flexibility index (Phi) is 5.31. The van der Waals surface area contributed by atoms with E-state index in [2.05, 4.69) is 20.9 Å². The second-order valence-corrected chi connectivity index (χ2v) is 6.39. The lowest BCUT2D eigenvalue weighted by atomic mass is 10.1. The maximum atomic E-state index is 12.5. The summed E-state index contributed by atoms with van der Waals surface area (Å²) in [5, 5.41) is 14.1. The molecule has 1 aromatic heterocycles. The maximum absolute atomic E-state index is 12.5. The van der Waals surface area contributed by atoms with Gasteiger partial charge >= 0.3 is 0 Å². The standard InChI is InChI=1S/C20H21N5O3/c1-27-17-4-2-3-16(11-17)25-13-18(23-24-25)20(26)22-15-7-5-14(6-8-15)19-12-21-9-10-28-19/h2-8,11,13,19,21H,9-10,12H2,1H3,(H,22,26). The predicted molar refractivity (Wildman–Crippen MR) is 104 cm³/mol. The summed E-state index contributed by atoms with van der Waals surface area (Å²) in [6.07, 6.45) is 1.63. The Balaban J connectivity index is 1.43. The third kappa shape index (κ3) is 4.03. The topological polar surface area (TPSA) is 90.3 Å². The number of morpholine rings is 1. The van der Waals surface area contributed by atoms with Crippen LogP contribution in [0.25, 0.3) is 5.69 Å². The zero-order chi connectivity index (χ0) is 19.3. The Morgan fingerprint density at radius 3 is 2.89 bits per heavy atom. The summed E-state index contributed by atoms with van der Waals surface area (Å²) in [4.78, 5) is 12.5. The van der Waals surface area contributed by atoms with Crippen molar-refractivity contribution >= 4 is 11.6 Å². The number of methoxy groups -OCH3 is 1. The van der Waals surface area contributed by atoms with Crippen molar-refractivity contribution in [3.05, 3.63) is 66.0 Å². The van der Waals surface area contributed by atoms with E-state index in [-0.39, 0.29) is 17.7 Å². The van der Waals surface area contributed by atoms with Gasteiger partial charge in [-0.1, -0.05) is 23.4 Å². The number of rotatable bonds is 5. The minimum atomic E-state index is -0.322. The first-order valence-electron chi connectivity index (χ1n) is 9.03. The van der Waals surface area contributed by atoms with Gasteiger partial charge < -0.3 is 20.1 Å². The molecular weight excluding hydrogens is 358 g/mol. The number of benzene rings is 2. The summed E-state index contributed by atoms with van der Waals surface area (Å²) in [5.74, 6) is 0.383. The quantitative estimate of drug-likeness (QED) is 0.706. The molecule has 0 spiro atoms. The van der Waals surface area contributed by atoms with Crippen molar-refractivity contribution in [2.24, 2.45) is 0 Å². The molecule has 0 saturated carbocycles. The number of carbonyl (C=O) groups excluding carboxylic acids is 1. The van der Waals surface area contributed by atoms with E-state index in [1.165, 1.54) is 4.68 Å². The highest BCUT2D eigenvalue weighted by Crippen LogP contribution is 2.21. The first-order valence-corrected chi connectivity index (χ1v) is 9.03. The van der Waals surface area contributed by atoms with Crippen LogP contribution >= 0.6 is 0 Å². The van der Waals surface area contributed by atoms with Crippen molar-refractivity contribution in [3.63, 3.8) is 0 Å². The molecule has 2 N–H and O–H groups in total. The zero-order valence-electron chi connectivity index (χ0n) is 15.5. The van der Waals surface area contributed by atoms with Gasteiger partial charge in [0.1, 0.15) is 5.75 Å². The molecule has 0 bridgehead atoms. The number of nitrogens with zero attached hydrogens (tertiary/aromatic N) is 3. The third-order valence-corrected chi connectivity index (χ3v) is 4.51. The molecule has 1 amide bonds. The van der Waals surface area contributed by atoms with Crippen molar-refractivity contribution in [2.75, 3.05) is 32.1 Å². The van der Waals surface area contributed by atoms with Crippen LogP contribution in [0, 0.1) is 0 Å². The minimum absolute atomic E-state index is 0.0428. The van der Waals surface area contributed by atoms with E-state index < -0.39 is 0 Å². The van der Waals surface area contributed by atoms with Gasteiger partial charge in [-0.05, 0) is 29.8 Å². The number of anilines is 1. The number of carbonyl (C=O) groups is 1. The second kappa shape index (κ2) is 8.20. The lowest BCUT2D eigenvalue weighted by Crippen LogP contribution is -2.33. The van der Waals surface area contributed by atoms with Gasteiger partial charge in [-0.15, -0.1) is 5.10 Å². The molecule has 28 heavy (non-hydrogen) atoms. The molecule has 1 atom stereocenters. The molecule has 8 heteroatoms. The highest BCUT2D eigenvalue weighted by Gasteiger charge is 2.16. The van der Waals surface area contributed by atoms with Crippen LogP contribution < -0.4 is 15.4 Å². The van der Waals surface area contributed by atoms with E-state index in [1.807, 2.05) is 48.5 Å². The Labute approximate surface area is 162 Å². The normalized spacial score (nSPS) is 16.5. The van der Waals surface area contributed by atoms with E-state index in [1.54, 1.807) is 13.3 Å². The van der Waals surface area contributed by atoms with E-state index in [0.717, 1.165) is 24.3 Å². The fraction of sp³-hybridized carbons (Fsp3) is 0.250. The van der Waals surface area contributed by atoms with Gasteiger partial charge in [-0.2, -0.15) is 0 Å². The minimum Gasteiger partial charge on any atom is -0.497 e. The van der Waals surface area contributed by atoms with Crippen LogP contribution in [0.5, 0.6) is 5.75 Å². The fourth-order valence-electron chi connectivity index (χ4n) is 3.00. The van der Waals surface area contributed by atoms with Gasteiger partial charge in [-0.3, -0.25) is 4.79 Å². The Bertz CT molecular complexity index is 948. The van der Waals surface area contributed by atoms with Crippen molar-refractivity contribution in [2.45, 2.75) is 6.10 Å². The summed E-state index contributed by atoms with van der Waals surface area (Å²) in [6, 6.07) is 15.0. The van der Waals surface area contributed by atoms with Crippen LogP contribution in [-0.4, -0.2) is 47.7 Å². The van der Waals surface area contributed by atoms with Gasteiger partial charge in [0.25, 0.3) is 5.91 Å². The molecule has 2 aromatic carbocycles. The van der Waals surface area contributed by atoms with Crippen LogP contribution in [0.4, 0.5) is 5.69 Å². The predicted octanol–water partition coefficient (Wildman–Crippen LogP) is 2.19. The molecule has 1 aliphatic rings. The molecule has 0 radical (unpaired) electrons. The molecule has 144 valence electrons. The van der Waals surface area contributed by atoms with E-state index in [0.29, 0.717) is 18.0 Å². The summed E-state index contributed by atoms with van der Waals surface area (Å²) in [7, 11) is 1.60. The van der Waals surface area contributed by atoms with E-state index in [4.69, 9.17) is 9.47 Å². The second-order valence-electron chi connectivity index (χ2n) is 6.39. The monoisotopic (exact) mass is 379 g/mol. The van der Waals surface area contributed by atoms with Gasteiger partial charge in [0.15, 0.2) is 5.69 Å². The molecule has 0 aliphatic carbocycles. The molecule has 4 rings (SSSR count). The summed E-state index contributed by atoms with van der Waals surface area (Å²) >= 11 is 0. The molecule has 1 unspecified atom stereocenters. The SMILES string of the molecule is COc1cccc(-n2cc(C(=O)Nc3ccc(C4CNCCO4)cc3)nn2)c1. The average Bonchev–Trinajstić information content (AvgIpc) is 3.25. The molecule has 3 aromatic rings. The smallest absolute Gasteiger partial charge is 0.277 e. The Morgan fingerprint density at radius 1 is 1.29 bits per heavy atom. The Morgan fingerprint density at radius 2 is 2.14 bits per heavy atom. The summed E-state index contributed by atoms with van der Waals surface area (Å²) < 4.78 is 12.5. The number of hydrogen-bond acceptors (Lipinski definition) is 6. The average molecular weight is 379 g/mol. The van der Waals surface area contributed by atoms with Crippen LogP contribution in [0.1, 0.15) is 22.2 Å². The molecule has 1 saturated heterocycles.